The molecule has 0 saturated heterocycles. The Morgan fingerprint density at radius 3 is 2.88 bits per heavy atom. The van der Waals surface area contributed by atoms with Crippen molar-refractivity contribution < 1.29 is 0 Å². The fraction of sp³-hybridized carbons (Fsp3) is 0.364. The quantitative estimate of drug-likeness (QED) is 0.812. The van der Waals surface area contributed by atoms with E-state index in [2.05, 4.69) is 25.7 Å². The summed E-state index contributed by atoms with van der Waals surface area (Å²) < 4.78 is 1.69. The van der Waals surface area contributed by atoms with Crippen LogP contribution >= 0.6 is 0 Å². The van der Waals surface area contributed by atoms with Crippen molar-refractivity contribution in [2.75, 3.05) is 17.2 Å². The average molecular weight is 232 g/mol. The van der Waals surface area contributed by atoms with E-state index in [0.717, 1.165) is 23.9 Å². The lowest BCUT2D eigenvalue weighted by molar-refractivity contribution is 0.747. The van der Waals surface area contributed by atoms with Crippen molar-refractivity contribution in [3.05, 3.63) is 30.5 Å². The molecule has 2 aromatic heterocycles. The van der Waals surface area contributed by atoms with E-state index in [1.165, 1.54) is 0 Å². The van der Waals surface area contributed by atoms with Crippen LogP contribution in [-0.2, 0) is 13.6 Å². The molecule has 0 aromatic carbocycles. The van der Waals surface area contributed by atoms with Crippen molar-refractivity contribution in [2.24, 2.45) is 7.05 Å². The fourth-order valence-electron chi connectivity index (χ4n) is 1.46. The summed E-state index contributed by atoms with van der Waals surface area (Å²) in [6.45, 7) is 3.51. The Labute approximate surface area is 100 Å². The minimum Gasteiger partial charge on any atom is -0.378 e. The minimum atomic E-state index is 0.608. The molecule has 90 valence electrons. The lowest BCUT2D eigenvalue weighted by Crippen LogP contribution is -2.04. The Morgan fingerprint density at radius 1 is 1.29 bits per heavy atom. The summed E-state index contributed by atoms with van der Waals surface area (Å²) in [5.74, 6) is 1.64. The first-order chi connectivity index (χ1) is 8.28. The van der Waals surface area contributed by atoms with E-state index >= 15 is 0 Å². The number of pyridine rings is 1. The molecule has 0 aliphatic rings. The van der Waals surface area contributed by atoms with Gasteiger partial charge in [0, 0.05) is 31.5 Å². The van der Waals surface area contributed by atoms with Gasteiger partial charge >= 0.3 is 0 Å². The third kappa shape index (κ3) is 3.17. The molecular formula is C11H16N6. The maximum Gasteiger partial charge on any atom is 0.169 e. The van der Waals surface area contributed by atoms with Gasteiger partial charge in [0.1, 0.15) is 12.1 Å². The molecule has 2 heterocycles. The molecule has 0 spiro atoms. The molecule has 17 heavy (non-hydrogen) atoms. The van der Waals surface area contributed by atoms with Crippen LogP contribution in [0.15, 0.2) is 24.7 Å². The summed E-state index contributed by atoms with van der Waals surface area (Å²) in [7, 11) is 1.85. The van der Waals surface area contributed by atoms with E-state index in [1.54, 1.807) is 17.2 Å². The number of nitrogens with zero attached hydrogens (tertiary/aromatic N) is 4. The van der Waals surface area contributed by atoms with E-state index in [0.29, 0.717) is 6.54 Å². The van der Waals surface area contributed by atoms with Crippen LogP contribution in [0.4, 0.5) is 11.5 Å². The predicted molar refractivity (Wildman–Crippen MR) is 66.7 cm³/mol. The number of nitrogens with one attached hydrogen (secondary N) is 2. The molecule has 6 heteroatoms. The Balaban J connectivity index is 1.96. The Morgan fingerprint density at radius 2 is 2.18 bits per heavy atom. The first-order valence-electron chi connectivity index (χ1n) is 5.56. The van der Waals surface area contributed by atoms with Crippen molar-refractivity contribution in [1.29, 1.82) is 0 Å². The minimum absolute atomic E-state index is 0.608. The zero-order valence-corrected chi connectivity index (χ0v) is 10.0. The van der Waals surface area contributed by atoms with E-state index in [4.69, 9.17) is 0 Å². The molecule has 0 aliphatic carbocycles. The van der Waals surface area contributed by atoms with Crippen LogP contribution in [0.1, 0.15) is 12.7 Å². The molecule has 0 unspecified atom stereocenters. The highest BCUT2D eigenvalue weighted by Gasteiger charge is 1.99. The largest absolute Gasteiger partial charge is 0.378 e. The summed E-state index contributed by atoms with van der Waals surface area (Å²) in [6, 6.07) is 3.89. The van der Waals surface area contributed by atoms with E-state index in [9.17, 15) is 0 Å². The van der Waals surface area contributed by atoms with Crippen LogP contribution in [0.3, 0.4) is 0 Å². The Bertz CT molecular complexity index is 478. The second kappa shape index (κ2) is 5.29. The third-order valence-corrected chi connectivity index (χ3v) is 2.22. The van der Waals surface area contributed by atoms with Gasteiger partial charge in [0.2, 0.25) is 0 Å². The Kier molecular flexibility index (Phi) is 3.54. The smallest absolute Gasteiger partial charge is 0.169 e. The molecule has 0 bridgehead atoms. The third-order valence-electron chi connectivity index (χ3n) is 2.22. The molecule has 0 aliphatic heterocycles. The van der Waals surface area contributed by atoms with Crippen LogP contribution in [0, 0.1) is 0 Å². The second-order valence-corrected chi connectivity index (χ2v) is 3.65. The van der Waals surface area contributed by atoms with Crippen molar-refractivity contribution in [2.45, 2.75) is 13.5 Å². The summed E-state index contributed by atoms with van der Waals surface area (Å²) in [6.07, 6.45) is 3.46. The molecule has 2 aromatic rings. The number of rotatable bonds is 5. The molecule has 6 nitrogen and oxygen atoms in total. The first-order valence-corrected chi connectivity index (χ1v) is 5.56. The van der Waals surface area contributed by atoms with E-state index < -0.39 is 0 Å². The summed E-state index contributed by atoms with van der Waals surface area (Å²) in [5.41, 5.74) is 1.00. The van der Waals surface area contributed by atoms with Gasteiger partial charge < -0.3 is 10.6 Å². The Hall–Kier alpha value is -2.11. The number of aromatic nitrogens is 4. The first kappa shape index (κ1) is 11.4. The van der Waals surface area contributed by atoms with E-state index in [-0.39, 0.29) is 0 Å². The molecular weight excluding hydrogens is 216 g/mol. The number of aryl methyl sites for hydroxylation is 1. The van der Waals surface area contributed by atoms with Gasteiger partial charge in [-0.05, 0) is 13.0 Å². The van der Waals surface area contributed by atoms with Gasteiger partial charge in [-0.2, -0.15) is 5.10 Å². The highest BCUT2D eigenvalue weighted by atomic mass is 15.3. The monoisotopic (exact) mass is 232 g/mol. The van der Waals surface area contributed by atoms with Crippen LogP contribution in [0.2, 0.25) is 0 Å². The van der Waals surface area contributed by atoms with Crippen LogP contribution in [-0.4, -0.2) is 26.3 Å². The maximum atomic E-state index is 4.20. The fourth-order valence-corrected chi connectivity index (χ4v) is 1.46. The second-order valence-electron chi connectivity index (χ2n) is 3.65. The zero-order chi connectivity index (χ0) is 12.1. The van der Waals surface area contributed by atoms with Gasteiger partial charge in [0.15, 0.2) is 5.82 Å². The average Bonchev–Trinajstić information content (AvgIpc) is 2.74. The highest BCUT2D eigenvalue weighted by Crippen LogP contribution is 2.12. The molecule has 2 N–H and O–H groups in total. The summed E-state index contributed by atoms with van der Waals surface area (Å²) in [4.78, 5) is 8.35. The number of hydrogen-bond donors (Lipinski definition) is 2. The van der Waals surface area contributed by atoms with E-state index in [1.807, 2.05) is 26.1 Å². The summed E-state index contributed by atoms with van der Waals surface area (Å²) >= 11 is 0. The summed E-state index contributed by atoms with van der Waals surface area (Å²) in [5, 5.41) is 10.6. The van der Waals surface area contributed by atoms with Gasteiger partial charge in [-0.1, -0.05) is 0 Å². The molecule has 0 saturated carbocycles. The van der Waals surface area contributed by atoms with Crippen LogP contribution in [0.25, 0.3) is 0 Å². The lowest BCUT2D eigenvalue weighted by atomic mass is 10.3. The zero-order valence-electron chi connectivity index (χ0n) is 10.0. The number of hydrogen-bond acceptors (Lipinski definition) is 5. The van der Waals surface area contributed by atoms with Crippen LogP contribution < -0.4 is 10.6 Å². The SMILES string of the molecule is CCNc1cc(NCc2ncn(C)n2)ccn1. The molecule has 2 rings (SSSR count). The van der Waals surface area contributed by atoms with Gasteiger partial charge in [0.05, 0.1) is 6.54 Å². The highest BCUT2D eigenvalue weighted by molar-refractivity contribution is 5.51. The van der Waals surface area contributed by atoms with Crippen molar-refractivity contribution >= 4 is 11.5 Å². The van der Waals surface area contributed by atoms with Crippen molar-refractivity contribution in [1.82, 2.24) is 19.7 Å². The lowest BCUT2D eigenvalue weighted by Gasteiger charge is -2.06. The van der Waals surface area contributed by atoms with Crippen molar-refractivity contribution in [3.8, 4) is 0 Å². The molecule has 0 radical (unpaired) electrons. The number of anilines is 2. The molecule has 0 atom stereocenters. The topological polar surface area (TPSA) is 67.7 Å². The molecule has 0 amide bonds. The maximum absolute atomic E-state index is 4.20. The van der Waals surface area contributed by atoms with Crippen molar-refractivity contribution in [3.63, 3.8) is 0 Å². The van der Waals surface area contributed by atoms with Gasteiger partial charge in [-0.15, -0.1) is 0 Å². The normalized spacial score (nSPS) is 10.2. The standard InChI is InChI=1S/C11H16N6/c1-3-12-10-6-9(4-5-13-10)14-7-11-15-8-17(2)16-11/h4-6,8H,3,7H2,1-2H3,(H2,12,13,14). The van der Waals surface area contributed by atoms with Gasteiger partial charge in [0.25, 0.3) is 0 Å². The van der Waals surface area contributed by atoms with Gasteiger partial charge in [-0.25, -0.2) is 9.97 Å². The van der Waals surface area contributed by atoms with Gasteiger partial charge in [-0.3, -0.25) is 4.68 Å². The molecule has 0 fully saturated rings. The van der Waals surface area contributed by atoms with Crippen LogP contribution in [0.5, 0.6) is 0 Å². The predicted octanol–water partition coefficient (Wildman–Crippen LogP) is 1.25.